The number of hydrogen-bond acceptors (Lipinski definition) is 6. The molecule has 1 aliphatic rings. The lowest BCUT2D eigenvalue weighted by atomic mass is 9.89. The molecule has 0 unspecified atom stereocenters. The van der Waals surface area contributed by atoms with Crippen LogP contribution in [0.25, 0.3) is 0 Å². The zero-order valence-corrected chi connectivity index (χ0v) is 17.4. The maximum Gasteiger partial charge on any atom is 0.240 e. The summed E-state index contributed by atoms with van der Waals surface area (Å²) in [5.41, 5.74) is 1.04. The Bertz CT molecular complexity index is 896. The normalized spacial score (nSPS) is 14.9. The van der Waals surface area contributed by atoms with Gasteiger partial charge in [-0.15, -0.1) is 0 Å². The molecule has 0 atom stereocenters. The van der Waals surface area contributed by atoms with E-state index < -0.39 is 5.82 Å². The van der Waals surface area contributed by atoms with Crippen LogP contribution in [0.4, 0.5) is 10.1 Å². The van der Waals surface area contributed by atoms with Gasteiger partial charge >= 0.3 is 0 Å². The first-order valence-electron chi connectivity index (χ1n) is 9.79. The maximum atomic E-state index is 13.9. The quantitative estimate of drug-likeness (QED) is 0.648. The molecule has 2 aromatic rings. The molecule has 0 aliphatic carbocycles. The van der Waals surface area contributed by atoms with Crippen LogP contribution in [-0.4, -0.2) is 62.5 Å². The number of carbonyl (C=O) groups is 2. The average Bonchev–Trinajstić information content (AvgIpc) is 2.78. The number of ether oxygens (including phenoxy) is 2. The molecule has 0 N–H and O–H groups in total. The Kier molecular flexibility index (Phi) is 6.99. The number of Topliss-reactive ketones (excluding diaryl/α,β-unsaturated/α-hetero) is 1. The second-order valence-corrected chi connectivity index (χ2v) is 7.28. The van der Waals surface area contributed by atoms with Crippen LogP contribution in [0.15, 0.2) is 36.5 Å². The Balaban J connectivity index is 1.52. The molecule has 3 rings (SSSR count). The molecule has 1 fully saturated rings. The number of aromatic nitrogens is 1. The fourth-order valence-corrected chi connectivity index (χ4v) is 3.54. The van der Waals surface area contributed by atoms with E-state index in [4.69, 9.17) is 9.47 Å². The number of anilines is 1. The summed E-state index contributed by atoms with van der Waals surface area (Å²) in [4.78, 5) is 33.0. The largest absolute Gasteiger partial charge is 0.494 e. The fraction of sp³-hybridized carbons (Fsp3) is 0.409. The van der Waals surface area contributed by atoms with Crippen molar-refractivity contribution in [3.05, 3.63) is 47.9 Å². The Morgan fingerprint density at radius 3 is 2.47 bits per heavy atom. The lowest BCUT2D eigenvalue weighted by Crippen LogP contribution is -2.43. The molecule has 7 nitrogen and oxygen atoms in total. The number of nitrogens with zero attached hydrogens (tertiary/aromatic N) is 3. The van der Waals surface area contributed by atoms with Gasteiger partial charge in [0.25, 0.3) is 0 Å². The summed E-state index contributed by atoms with van der Waals surface area (Å²) >= 11 is 0. The number of ketones is 1. The van der Waals surface area contributed by atoms with Crippen molar-refractivity contribution >= 4 is 17.4 Å². The first kappa shape index (κ1) is 21.7. The topological polar surface area (TPSA) is 72.0 Å². The van der Waals surface area contributed by atoms with E-state index in [2.05, 4.69) is 4.98 Å². The summed E-state index contributed by atoms with van der Waals surface area (Å²) in [5, 5.41) is 0. The van der Waals surface area contributed by atoms with Crippen molar-refractivity contribution in [2.75, 3.05) is 45.8 Å². The second kappa shape index (κ2) is 9.67. The van der Waals surface area contributed by atoms with E-state index in [1.54, 1.807) is 36.3 Å². The van der Waals surface area contributed by atoms with E-state index in [1.807, 2.05) is 4.90 Å². The van der Waals surface area contributed by atoms with E-state index in [9.17, 15) is 14.0 Å². The minimum atomic E-state index is -0.539. The zero-order valence-electron chi connectivity index (χ0n) is 17.4. The summed E-state index contributed by atoms with van der Waals surface area (Å²) in [6, 6.07) is 7.79. The van der Waals surface area contributed by atoms with E-state index in [0.717, 1.165) is 0 Å². The Morgan fingerprint density at radius 2 is 1.90 bits per heavy atom. The molecular formula is C22H26FN3O4. The number of likely N-dealkylation sites (N-methyl/N-ethyl adjacent to an activating group) is 1. The van der Waals surface area contributed by atoms with Crippen molar-refractivity contribution in [3.8, 4) is 11.6 Å². The van der Waals surface area contributed by atoms with Crippen molar-refractivity contribution in [2.24, 2.45) is 5.92 Å². The summed E-state index contributed by atoms with van der Waals surface area (Å²) < 4.78 is 23.8. The molecule has 1 amide bonds. The smallest absolute Gasteiger partial charge is 0.240 e. The molecule has 1 aliphatic heterocycles. The van der Waals surface area contributed by atoms with E-state index in [1.165, 1.54) is 26.4 Å². The SMILES string of the molecule is COc1ccc(N(C)C(=O)CN2CCC(C(=O)c3ccc(OC)c(F)c3)CC2)cn1. The lowest BCUT2D eigenvalue weighted by molar-refractivity contribution is -0.119. The molecule has 8 heteroatoms. The van der Waals surface area contributed by atoms with Gasteiger partial charge in [0.15, 0.2) is 17.3 Å². The van der Waals surface area contributed by atoms with Crippen LogP contribution in [0.2, 0.25) is 0 Å². The van der Waals surface area contributed by atoms with Crippen LogP contribution >= 0.6 is 0 Å². The van der Waals surface area contributed by atoms with Gasteiger partial charge in [0.05, 0.1) is 32.6 Å². The lowest BCUT2D eigenvalue weighted by Gasteiger charge is -2.31. The third-order valence-electron chi connectivity index (χ3n) is 5.44. The monoisotopic (exact) mass is 415 g/mol. The third kappa shape index (κ3) is 4.94. The van der Waals surface area contributed by atoms with Crippen LogP contribution in [-0.2, 0) is 4.79 Å². The van der Waals surface area contributed by atoms with Crippen LogP contribution < -0.4 is 14.4 Å². The van der Waals surface area contributed by atoms with E-state index in [-0.39, 0.29) is 29.9 Å². The average molecular weight is 415 g/mol. The van der Waals surface area contributed by atoms with Gasteiger partial charge in [-0.1, -0.05) is 0 Å². The molecule has 1 aromatic heterocycles. The van der Waals surface area contributed by atoms with Crippen LogP contribution in [0.1, 0.15) is 23.2 Å². The Morgan fingerprint density at radius 1 is 1.17 bits per heavy atom. The number of methoxy groups -OCH3 is 2. The molecule has 0 radical (unpaired) electrons. The first-order chi connectivity index (χ1) is 14.4. The highest BCUT2D eigenvalue weighted by molar-refractivity contribution is 5.98. The Hall–Kier alpha value is -3.00. The van der Waals surface area contributed by atoms with E-state index >= 15 is 0 Å². The van der Waals surface area contributed by atoms with Gasteiger partial charge in [0.2, 0.25) is 11.8 Å². The van der Waals surface area contributed by atoms with Crippen LogP contribution in [0, 0.1) is 11.7 Å². The second-order valence-electron chi connectivity index (χ2n) is 7.28. The summed E-state index contributed by atoms with van der Waals surface area (Å²) in [5.74, 6) is -0.220. The van der Waals surface area contributed by atoms with Crippen molar-refractivity contribution < 1.29 is 23.5 Å². The van der Waals surface area contributed by atoms with Gasteiger partial charge in [0.1, 0.15) is 0 Å². The number of rotatable bonds is 7. The fourth-order valence-electron chi connectivity index (χ4n) is 3.54. The van der Waals surface area contributed by atoms with E-state index in [0.29, 0.717) is 43.1 Å². The third-order valence-corrected chi connectivity index (χ3v) is 5.44. The van der Waals surface area contributed by atoms with Crippen LogP contribution in [0.3, 0.4) is 0 Å². The molecule has 160 valence electrons. The van der Waals surface area contributed by atoms with Crippen molar-refractivity contribution in [3.63, 3.8) is 0 Å². The number of benzene rings is 1. The van der Waals surface area contributed by atoms with Crippen molar-refractivity contribution in [2.45, 2.75) is 12.8 Å². The number of pyridine rings is 1. The van der Waals surface area contributed by atoms with Gasteiger partial charge in [-0.3, -0.25) is 14.5 Å². The van der Waals surface area contributed by atoms with Crippen molar-refractivity contribution in [1.82, 2.24) is 9.88 Å². The highest BCUT2D eigenvalue weighted by Crippen LogP contribution is 2.25. The number of carbonyl (C=O) groups excluding carboxylic acids is 2. The number of likely N-dealkylation sites (tertiary alicyclic amines) is 1. The zero-order chi connectivity index (χ0) is 21.7. The number of halogens is 1. The van der Waals surface area contributed by atoms with Crippen molar-refractivity contribution in [1.29, 1.82) is 0 Å². The van der Waals surface area contributed by atoms with Gasteiger partial charge in [-0.25, -0.2) is 9.37 Å². The Labute approximate surface area is 175 Å². The molecule has 2 heterocycles. The molecule has 0 bridgehead atoms. The molecule has 1 aromatic carbocycles. The number of hydrogen-bond donors (Lipinski definition) is 0. The number of piperidine rings is 1. The first-order valence-corrected chi connectivity index (χ1v) is 9.79. The summed E-state index contributed by atoms with van der Waals surface area (Å²) in [7, 11) is 4.64. The highest BCUT2D eigenvalue weighted by Gasteiger charge is 2.28. The molecule has 1 saturated heterocycles. The van der Waals surface area contributed by atoms with Crippen LogP contribution in [0.5, 0.6) is 11.6 Å². The predicted octanol–water partition coefficient (Wildman–Crippen LogP) is 2.80. The highest BCUT2D eigenvalue weighted by atomic mass is 19.1. The minimum Gasteiger partial charge on any atom is -0.494 e. The van der Waals surface area contributed by atoms with Gasteiger partial charge in [-0.05, 0) is 50.2 Å². The summed E-state index contributed by atoms with van der Waals surface area (Å²) in [6.07, 6.45) is 2.86. The number of amides is 1. The maximum absolute atomic E-state index is 13.9. The molecular weight excluding hydrogens is 389 g/mol. The van der Waals surface area contributed by atoms with Gasteiger partial charge < -0.3 is 14.4 Å². The molecule has 0 saturated carbocycles. The molecule has 30 heavy (non-hydrogen) atoms. The van der Waals surface area contributed by atoms with Gasteiger partial charge in [-0.2, -0.15) is 0 Å². The standard InChI is InChI=1S/C22H26FN3O4/c1-25(17-5-7-20(30-3)24-13-17)21(27)14-26-10-8-15(9-11-26)22(28)16-4-6-19(29-2)18(23)12-16/h4-7,12-13,15H,8-11,14H2,1-3H3. The summed E-state index contributed by atoms with van der Waals surface area (Å²) in [6.45, 7) is 1.53. The minimum absolute atomic E-state index is 0.0519. The molecule has 0 spiro atoms. The van der Waals surface area contributed by atoms with Gasteiger partial charge in [0, 0.05) is 24.6 Å². The predicted molar refractivity (Wildman–Crippen MR) is 111 cm³/mol.